The summed E-state index contributed by atoms with van der Waals surface area (Å²) < 4.78 is 1.09. The van der Waals surface area contributed by atoms with E-state index in [9.17, 15) is 68.4 Å². The van der Waals surface area contributed by atoms with Crippen molar-refractivity contribution in [3.8, 4) is 5.75 Å². The van der Waals surface area contributed by atoms with Gasteiger partial charge in [-0.1, -0.05) is 74.2 Å². The molecule has 4 rings (SSSR count). The molecule has 1 aliphatic heterocycles. The van der Waals surface area contributed by atoms with E-state index < -0.39 is 65.8 Å². The van der Waals surface area contributed by atoms with E-state index in [0.717, 1.165) is 9.13 Å². The Bertz CT molecular complexity index is 3110. The fraction of sp³-hybridized carbons (Fsp3) is 0.485. The molecular formula is C68H98IN15O14. The molecule has 0 aliphatic carbocycles. The van der Waals surface area contributed by atoms with Crippen LogP contribution in [0.15, 0.2) is 114 Å². The molecule has 29 nitrogen and oxygen atoms in total. The van der Waals surface area contributed by atoms with Crippen LogP contribution < -0.4 is 53.6 Å². The Morgan fingerprint density at radius 2 is 1.16 bits per heavy atom. The number of allylic oxidation sites excluding steroid dienone is 4. The van der Waals surface area contributed by atoms with Gasteiger partial charge in [-0.3, -0.25) is 63.3 Å². The van der Waals surface area contributed by atoms with Crippen molar-refractivity contribution >= 4 is 94.0 Å². The fourth-order valence-corrected chi connectivity index (χ4v) is 10.7. The number of carboxylic acid groups (broad SMARTS) is 3. The van der Waals surface area contributed by atoms with Crippen molar-refractivity contribution in [2.24, 2.45) is 10.7 Å². The van der Waals surface area contributed by atoms with Crippen molar-refractivity contribution in [3.63, 3.8) is 0 Å². The van der Waals surface area contributed by atoms with Crippen molar-refractivity contribution < 1.29 is 68.4 Å². The zero-order valence-corrected chi connectivity index (χ0v) is 58.1. The lowest BCUT2D eigenvalue weighted by molar-refractivity contribution is -0.140. The predicted octanol–water partition coefficient (Wildman–Crippen LogP) is 2.29. The highest BCUT2D eigenvalue weighted by Crippen LogP contribution is 2.27. The maximum Gasteiger partial charge on any atom is 0.344 e. The molecular weight excluding hydrogens is 1380 g/mol. The van der Waals surface area contributed by atoms with E-state index in [-0.39, 0.29) is 154 Å². The second-order valence-corrected chi connectivity index (χ2v) is 24.6. The number of carbonyl (C=O) groups excluding carboxylic acids is 7. The molecule has 1 aliphatic rings. The Morgan fingerprint density at radius 3 is 1.74 bits per heavy atom. The van der Waals surface area contributed by atoms with E-state index in [4.69, 9.17) is 5.73 Å². The molecule has 30 heteroatoms. The van der Waals surface area contributed by atoms with Crippen LogP contribution in [-0.2, 0) is 56.1 Å². The largest absolute Gasteiger partial charge is 0.508 e. The summed E-state index contributed by atoms with van der Waals surface area (Å²) >= 11 is 2.23. The number of aliphatic carboxylic acids is 3. The van der Waals surface area contributed by atoms with E-state index in [1.54, 1.807) is 81.1 Å². The number of anilines is 1. The highest BCUT2D eigenvalue weighted by Gasteiger charge is 2.29. The maximum absolute atomic E-state index is 14.5. The van der Waals surface area contributed by atoms with Crippen LogP contribution in [0, 0.1) is 3.57 Å². The lowest BCUT2D eigenvalue weighted by atomic mass is 9.90. The van der Waals surface area contributed by atoms with E-state index in [1.807, 2.05) is 37.3 Å². The van der Waals surface area contributed by atoms with E-state index in [1.165, 1.54) is 12.1 Å². The molecule has 1 heterocycles. The van der Waals surface area contributed by atoms with Gasteiger partial charge in [0.2, 0.25) is 29.5 Å². The number of halogens is 1. The summed E-state index contributed by atoms with van der Waals surface area (Å²) in [6.45, 7) is 10.0. The minimum absolute atomic E-state index is 0.0610. The van der Waals surface area contributed by atoms with Crippen LogP contribution in [0.1, 0.15) is 87.8 Å². The van der Waals surface area contributed by atoms with Gasteiger partial charge in [-0.15, -0.1) is 0 Å². The number of nitrogens with one attached hydrogen (secondary N) is 9. The number of urea groups is 1. The molecule has 1 unspecified atom stereocenters. The van der Waals surface area contributed by atoms with Crippen molar-refractivity contribution in [2.75, 3.05) is 117 Å². The van der Waals surface area contributed by atoms with Gasteiger partial charge in [0.25, 0.3) is 0 Å². The van der Waals surface area contributed by atoms with Crippen LogP contribution in [0.2, 0.25) is 0 Å². The number of aliphatic imine (C=N–C) groups is 1. The number of nitrogens with zero attached hydrogens (tertiary/aromatic N) is 5. The number of aryl methyl sites for hydroxylation is 1. The van der Waals surface area contributed by atoms with Gasteiger partial charge >= 0.3 is 23.9 Å². The van der Waals surface area contributed by atoms with Crippen molar-refractivity contribution in [1.82, 2.24) is 62.1 Å². The van der Waals surface area contributed by atoms with Crippen LogP contribution in [-0.4, -0.2) is 235 Å². The third-order valence-electron chi connectivity index (χ3n) is 15.7. The number of nitrogens with two attached hydrogens (primary N) is 1. The first-order valence-electron chi connectivity index (χ1n) is 32.9. The SMILES string of the molecule is C=C(/C=C\C=C/C)[C@H](C(=O)N[C@H](CCCN/C(N)=N\C(=O)NCCNC(=O)CC)C(=O)NCc1ccc(O)cc1)c1ccc(NCCCNC(=O)[C@@H](CCCNC(C=O)N2CCN(CC(=O)O)CCN(CC(=O)O)CCN(CC(=O)O)CC2)NC(=O)CCCc2ccc(I)cc2)cc1. The van der Waals surface area contributed by atoms with Crippen LogP contribution in [0.25, 0.3) is 0 Å². The standard InChI is InChI=1S/C68H98IN15O14/c1-4-6-7-12-48(3)63(66(97)79-56(65(96)77-43-50-19-27-54(86)28-20-50)15-10-30-75-67(70)80-68(98)76-34-33-73-58(87)5-2)51-21-25-53(26-22-51)71-31-11-32-74-64(95)55(78-59(88)16-8-13-49-17-23-52(69)24-18-49)14-9-29-72-57(47-85)84-41-39-82(45-61(91)92)37-35-81(44-60(89)90)36-38-83(40-42-84)46-62(93)94/h4,6-7,12,17-28,47,55-57,63,71-72,86H,3,5,8-11,13-16,29-46H2,1-2H3,(H,73,87)(H,74,95)(H,77,96)(H,78,88)(H,79,97)(H,89,90)(H,91,92)(H,93,94)(H4,70,75,76,80,98)/b6-4-,12-7-/t55-,56-,57?,63+/m1/s1. The van der Waals surface area contributed by atoms with Gasteiger partial charge in [0.1, 0.15) is 24.0 Å². The van der Waals surface area contributed by atoms with Gasteiger partial charge in [0.05, 0.1) is 25.6 Å². The Labute approximate surface area is 586 Å². The first-order valence-corrected chi connectivity index (χ1v) is 34.0. The van der Waals surface area contributed by atoms with Crippen LogP contribution >= 0.6 is 22.6 Å². The van der Waals surface area contributed by atoms with Crippen molar-refractivity contribution in [3.05, 3.63) is 130 Å². The number of hydrogen-bond acceptors (Lipinski definition) is 17. The first-order chi connectivity index (χ1) is 47.0. The summed E-state index contributed by atoms with van der Waals surface area (Å²) in [6, 6.07) is 18.8. The molecule has 0 spiro atoms. The number of benzene rings is 3. The van der Waals surface area contributed by atoms with Crippen molar-refractivity contribution in [2.45, 2.75) is 102 Å². The second-order valence-electron chi connectivity index (χ2n) is 23.4. The van der Waals surface area contributed by atoms with E-state index in [0.29, 0.717) is 73.7 Å². The average molecular weight is 1480 g/mol. The normalized spacial score (nSPS) is 15.1. The molecule has 1 saturated heterocycles. The topological polar surface area (TPSA) is 411 Å². The van der Waals surface area contributed by atoms with Gasteiger partial charge in [-0.05, 0) is 140 Å². The number of amides is 7. The number of guanidine groups is 1. The lowest BCUT2D eigenvalue weighted by Crippen LogP contribution is -2.54. The molecule has 3 aromatic carbocycles. The van der Waals surface area contributed by atoms with E-state index in [2.05, 4.69) is 82.0 Å². The third-order valence-corrected chi connectivity index (χ3v) is 16.4. The third kappa shape index (κ3) is 33.9. The minimum Gasteiger partial charge on any atom is -0.508 e. The van der Waals surface area contributed by atoms with Gasteiger partial charge < -0.3 is 73.5 Å². The molecule has 98 heavy (non-hydrogen) atoms. The van der Waals surface area contributed by atoms with Crippen molar-refractivity contribution in [1.29, 1.82) is 0 Å². The molecule has 1 fully saturated rings. The number of carboxylic acids is 3. The molecule has 4 atom stereocenters. The summed E-state index contributed by atoms with van der Waals surface area (Å²) in [5.41, 5.74) is 9.46. The summed E-state index contributed by atoms with van der Waals surface area (Å²) in [6.07, 6.45) is 10.0. The number of rotatable bonds is 41. The number of aldehydes is 1. The quantitative estimate of drug-likeness (QED) is 0.00967. The van der Waals surface area contributed by atoms with Crippen LogP contribution in [0.4, 0.5) is 10.5 Å². The summed E-state index contributed by atoms with van der Waals surface area (Å²) in [4.78, 5) is 138. The van der Waals surface area contributed by atoms with Crippen LogP contribution in [0.3, 0.4) is 0 Å². The molecule has 536 valence electrons. The van der Waals surface area contributed by atoms with Gasteiger partial charge in [-0.25, -0.2) is 4.79 Å². The predicted molar refractivity (Wildman–Crippen MR) is 381 cm³/mol. The lowest BCUT2D eigenvalue weighted by Gasteiger charge is -2.35. The Morgan fingerprint density at radius 1 is 0.612 bits per heavy atom. The number of carbonyl (C=O) groups is 10. The van der Waals surface area contributed by atoms with Gasteiger partial charge in [0, 0.05) is 114 Å². The molecule has 0 saturated carbocycles. The number of hydrogen-bond donors (Lipinski definition) is 14. The summed E-state index contributed by atoms with van der Waals surface area (Å²) in [5.74, 6) is -6.14. The molecule has 0 aromatic heterocycles. The smallest absolute Gasteiger partial charge is 0.344 e. The fourth-order valence-electron chi connectivity index (χ4n) is 10.4. The number of phenolic OH excluding ortho intramolecular Hbond substituents is 1. The molecule has 7 amide bonds. The number of aromatic hydroxyl groups is 1. The highest BCUT2D eigenvalue weighted by molar-refractivity contribution is 14.1. The van der Waals surface area contributed by atoms with Gasteiger partial charge in [-0.2, -0.15) is 4.99 Å². The Balaban J connectivity index is 1.42. The summed E-state index contributed by atoms with van der Waals surface area (Å²) in [5, 5.41) is 65.0. The highest BCUT2D eigenvalue weighted by atomic mass is 127. The minimum atomic E-state index is -1.08. The molecule has 0 radical (unpaired) electrons. The van der Waals surface area contributed by atoms with Crippen LogP contribution in [0.5, 0.6) is 5.75 Å². The zero-order valence-electron chi connectivity index (χ0n) is 56.0. The Hall–Kier alpha value is -8.82. The zero-order chi connectivity index (χ0) is 71.6. The van der Waals surface area contributed by atoms with Gasteiger partial charge in [0.15, 0.2) is 12.2 Å². The molecule has 0 bridgehead atoms. The monoisotopic (exact) mass is 1480 g/mol. The molecule has 15 N–H and O–H groups in total. The summed E-state index contributed by atoms with van der Waals surface area (Å²) in [7, 11) is 0. The number of phenols is 1. The molecule has 3 aromatic rings. The van der Waals surface area contributed by atoms with E-state index >= 15 is 0 Å². The second kappa shape index (κ2) is 46.4. The Kier molecular flexibility index (Phi) is 38.6. The maximum atomic E-state index is 14.5. The average Bonchev–Trinajstić information content (AvgIpc) is 0.837. The first kappa shape index (κ1) is 81.6.